The number of nitrogens with two attached hydrogens (primary N) is 1. The van der Waals surface area contributed by atoms with E-state index >= 15 is 0 Å². The minimum atomic E-state index is -0.659. The van der Waals surface area contributed by atoms with Crippen molar-refractivity contribution in [2.45, 2.75) is 105 Å². The number of likely N-dealkylation sites (tertiary alicyclic amines) is 1. The fraction of sp³-hybridized carbons (Fsp3) is 0.412. The highest BCUT2D eigenvalue weighted by atomic mass is 19.1. The molecule has 7 rings (SSSR count). The van der Waals surface area contributed by atoms with Crippen LogP contribution in [0.15, 0.2) is 91.1 Å². The molecular formula is C51H67FN12. The summed E-state index contributed by atoms with van der Waals surface area (Å²) in [5, 5.41) is 15.4. The Hall–Kier alpha value is -6.21. The van der Waals surface area contributed by atoms with Gasteiger partial charge in [0.15, 0.2) is 0 Å². The number of rotatable bonds is 15. The van der Waals surface area contributed by atoms with Gasteiger partial charge < -0.3 is 35.7 Å². The van der Waals surface area contributed by atoms with E-state index in [4.69, 9.17) is 15.7 Å². The first-order chi connectivity index (χ1) is 30.8. The molecule has 0 saturated carbocycles. The smallest absolute Gasteiger partial charge is 0.208 e. The molecule has 338 valence electrons. The van der Waals surface area contributed by atoms with Crippen LogP contribution in [0.2, 0.25) is 0 Å². The highest BCUT2D eigenvalue weighted by Gasteiger charge is 2.21. The van der Waals surface area contributed by atoms with Crippen molar-refractivity contribution in [3.8, 4) is 0 Å². The number of hydrogen-bond acceptors (Lipinski definition) is 9. The molecule has 0 unspecified atom stereocenters. The molecular weight excluding hydrogens is 800 g/mol. The van der Waals surface area contributed by atoms with Gasteiger partial charge in [-0.1, -0.05) is 44.9 Å². The van der Waals surface area contributed by atoms with Gasteiger partial charge in [-0.05, 0) is 143 Å². The summed E-state index contributed by atoms with van der Waals surface area (Å²) in [4.78, 5) is 17.1. The fourth-order valence-electron chi connectivity index (χ4n) is 8.86. The maximum Gasteiger partial charge on any atom is 0.208 e. The molecule has 2 aliphatic heterocycles. The van der Waals surface area contributed by atoms with Crippen LogP contribution in [0.3, 0.4) is 0 Å². The quantitative estimate of drug-likeness (QED) is 0.0354. The number of nitrogens with zero attached hydrogens (tertiary/aromatic N) is 8. The van der Waals surface area contributed by atoms with Crippen LogP contribution in [0.4, 0.5) is 16.3 Å². The number of imidazole rings is 2. The molecule has 3 aromatic heterocycles. The van der Waals surface area contributed by atoms with Crippen LogP contribution >= 0.6 is 0 Å². The van der Waals surface area contributed by atoms with E-state index in [0.717, 1.165) is 144 Å². The fourth-order valence-corrected chi connectivity index (χ4v) is 8.86. The Kier molecular flexibility index (Phi) is 14.7. The Balaban J connectivity index is 1.24. The molecule has 0 bridgehead atoms. The normalized spacial score (nSPS) is 16.3. The molecule has 13 heteroatoms. The Morgan fingerprint density at radius 3 is 2.08 bits per heavy atom. The number of aryl methyl sites for hydroxylation is 4. The van der Waals surface area contributed by atoms with Crippen molar-refractivity contribution in [3.05, 3.63) is 120 Å². The standard InChI is InChI=1S/C51H67FN12/c1-10-64-47(28-35(4)60-64)39(8)57-51-59-46-32-43(38(7)55-21-16-22-61-25-19-44(52)20-26-61)30-41-18-13-11-12-17-40-29-42(36(5)53)31-45-48(40)62(23-14-15-24-63(51)49(41)46)50(58-45)56-37(6)33(2)27-34(3)54-9/h14-15,27-32,44,55H,5-8,10-13,16-26,53H2,1-4,9H3,(H,56,58)(H,57,59)/b15-14+,33-27+,54-34?. The van der Waals surface area contributed by atoms with Gasteiger partial charge in [0.1, 0.15) is 6.17 Å². The summed E-state index contributed by atoms with van der Waals surface area (Å²) in [6, 6.07) is 10.7. The highest BCUT2D eigenvalue weighted by molar-refractivity contribution is 5.94. The molecule has 1 saturated heterocycles. The van der Waals surface area contributed by atoms with Crippen LogP contribution in [-0.4, -0.2) is 78.9 Å². The van der Waals surface area contributed by atoms with E-state index in [0.29, 0.717) is 43.5 Å². The van der Waals surface area contributed by atoms with Crippen molar-refractivity contribution >= 4 is 56.8 Å². The molecule has 0 atom stereocenters. The van der Waals surface area contributed by atoms with Gasteiger partial charge in [0.05, 0.1) is 39.2 Å². The molecule has 5 N–H and O–H groups in total. The summed E-state index contributed by atoms with van der Waals surface area (Å²) in [5.41, 5.74) is 21.2. The Labute approximate surface area is 378 Å². The number of nitrogens with one attached hydrogen (secondary N) is 3. The van der Waals surface area contributed by atoms with Crippen molar-refractivity contribution < 1.29 is 4.39 Å². The summed E-state index contributed by atoms with van der Waals surface area (Å²) >= 11 is 0. The van der Waals surface area contributed by atoms with E-state index in [1.807, 2.05) is 37.6 Å². The van der Waals surface area contributed by atoms with Crippen LogP contribution in [-0.2, 0) is 32.5 Å². The van der Waals surface area contributed by atoms with Gasteiger partial charge in [-0.15, -0.1) is 0 Å². The van der Waals surface area contributed by atoms with Crippen molar-refractivity contribution in [3.63, 3.8) is 0 Å². The zero-order valence-corrected chi connectivity index (χ0v) is 38.7. The number of allylic oxidation sites excluding steroid dienone is 4. The lowest BCUT2D eigenvalue weighted by atomic mass is 9.98. The zero-order valence-electron chi connectivity index (χ0n) is 38.7. The van der Waals surface area contributed by atoms with E-state index in [9.17, 15) is 4.39 Å². The van der Waals surface area contributed by atoms with E-state index in [1.165, 1.54) is 11.1 Å². The molecule has 5 aromatic rings. The number of anilines is 2. The number of aromatic nitrogens is 6. The second kappa shape index (κ2) is 20.5. The molecule has 5 heterocycles. The highest BCUT2D eigenvalue weighted by Crippen LogP contribution is 2.33. The van der Waals surface area contributed by atoms with Crippen LogP contribution in [0.25, 0.3) is 39.2 Å². The molecule has 1 fully saturated rings. The van der Waals surface area contributed by atoms with Gasteiger partial charge in [-0.2, -0.15) is 5.10 Å². The summed E-state index contributed by atoms with van der Waals surface area (Å²) in [7, 11) is 1.79. The molecule has 0 radical (unpaired) electrons. The van der Waals surface area contributed by atoms with E-state index in [1.54, 1.807) is 7.05 Å². The SMILES string of the molecule is C=C(Nc1nc2cc(C(=C)N)cc3c2n1C/C=C/Cn1c(NC(=C)c2cc(C)nn2CC)nc2cc(C(=C)NCCCN4CCC(F)CC4)cc(c21)CCCCC3)/C(C)=C/C(C)=NC. The molecule has 0 spiro atoms. The topological polar surface area (TPSA) is 131 Å². The molecule has 2 aliphatic rings. The third-order valence-electron chi connectivity index (χ3n) is 12.5. The second-order valence-electron chi connectivity index (χ2n) is 17.3. The maximum atomic E-state index is 13.7. The van der Waals surface area contributed by atoms with Gasteiger partial charge >= 0.3 is 0 Å². The third kappa shape index (κ3) is 10.6. The lowest BCUT2D eigenvalue weighted by molar-refractivity contribution is 0.150. The zero-order chi connectivity index (χ0) is 45.5. The predicted octanol–water partition coefficient (Wildman–Crippen LogP) is 9.80. The van der Waals surface area contributed by atoms with Crippen LogP contribution in [0.1, 0.15) is 92.9 Å². The molecule has 0 aliphatic carbocycles. The summed E-state index contributed by atoms with van der Waals surface area (Å²) in [6.07, 6.45) is 12.7. The second-order valence-corrected chi connectivity index (χ2v) is 17.3. The number of hydrogen-bond donors (Lipinski definition) is 4. The van der Waals surface area contributed by atoms with Crippen LogP contribution < -0.4 is 21.7 Å². The predicted molar refractivity (Wildman–Crippen MR) is 266 cm³/mol. The Morgan fingerprint density at radius 1 is 0.859 bits per heavy atom. The maximum absolute atomic E-state index is 13.7. The number of piperidine rings is 1. The van der Waals surface area contributed by atoms with E-state index in [-0.39, 0.29) is 0 Å². The lowest BCUT2D eigenvalue weighted by Gasteiger charge is -2.28. The minimum absolute atomic E-state index is 0.519. The first-order valence-electron chi connectivity index (χ1n) is 22.9. The summed E-state index contributed by atoms with van der Waals surface area (Å²) < 4.78 is 20.2. The summed E-state index contributed by atoms with van der Waals surface area (Å²) in [5.74, 6) is 1.41. The first kappa shape index (κ1) is 45.8. The Morgan fingerprint density at radius 2 is 1.47 bits per heavy atom. The summed E-state index contributed by atoms with van der Waals surface area (Å²) in [6.45, 7) is 30.8. The van der Waals surface area contributed by atoms with Gasteiger partial charge in [-0.3, -0.25) is 9.67 Å². The van der Waals surface area contributed by atoms with Crippen molar-refractivity contribution in [1.29, 1.82) is 0 Å². The van der Waals surface area contributed by atoms with E-state index < -0.39 is 6.17 Å². The van der Waals surface area contributed by atoms with Crippen LogP contribution in [0, 0.1) is 6.92 Å². The molecule has 12 nitrogen and oxygen atoms in total. The number of halogens is 1. The molecule has 0 amide bonds. The van der Waals surface area contributed by atoms with Crippen LogP contribution in [0.5, 0.6) is 0 Å². The lowest BCUT2D eigenvalue weighted by Crippen LogP contribution is -2.35. The average molecular weight is 867 g/mol. The molecule has 64 heavy (non-hydrogen) atoms. The van der Waals surface area contributed by atoms with Gasteiger partial charge in [-0.25, -0.2) is 14.4 Å². The van der Waals surface area contributed by atoms with Crippen molar-refractivity contribution in [2.24, 2.45) is 10.7 Å². The minimum Gasteiger partial charge on any atom is -0.399 e. The van der Waals surface area contributed by atoms with Crippen molar-refractivity contribution in [2.75, 3.05) is 43.9 Å². The monoisotopic (exact) mass is 867 g/mol. The number of benzene rings is 2. The number of aliphatic imine (C=N–C) groups is 1. The van der Waals surface area contributed by atoms with E-state index in [2.05, 4.69) is 110 Å². The van der Waals surface area contributed by atoms with Gasteiger partial charge in [0, 0.05) is 69.1 Å². The van der Waals surface area contributed by atoms with Gasteiger partial charge in [0.25, 0.3) is 0 Å². The Bertz CT molecular complexity index is 2640. The number of alkyl halides is 1. The van der Waals surface area contributed by atoms with Gasteiger partial charge in [0.2, 0.25) is 11.9 Å². The van der Waals surface area contributed by atoms with Crippen molar-refractivity contribution in [1.82, 2.24) is 39.1 Å². The largest absolute Gasteiger partial charge is 0.399 e. The third-order valence-corrected chi connectivity index (χ3v) is 12.5. The first-order valence-corrected chi connectivity index (χ1v) is 22.9. The average Bonchev–Trinajstić information content (AvgIpc) is 3.95. The molecule has 2 aromatic carbocycles.